The average molecular weight is 247 g/mol. The highest BCUT2D eigenvalue weighted by atomic mass is 19.1. The smallest absolute Gasteiger partial charge is 0.207 e. The highest BCUT2D eigenvalue weighted by Crippen LogP contribution is 2.19. The molecule has 96 valence electrons. The maximum Gasteiger partial charge on any atom is 0.207 e. The minimum absolute atomic E-state index is 0.182. The van der Waals surface area contributed by atoms with Gasteiger partial charge in [-0.3, -0.25) is 4.57 Å². The normalized spacial score (nSPS) is 10.7. The van der Waals surface area contributed by atoms with Crippen LogP contribution < -0.4 is 5.32 Å². The Hall–Kier alpha value is -1.84. The van der Waals surface area contributed by atoms with Gasteiger partial charge in [-0.2, -0.15) is 0 Å². The van der Waals surface area contributed by atoms with Crippen molar-refractivity contribution in [3.05, 3.63) is 41.5 Å². The van der Waals surface area contributed by atoms with E-state index in [9.17, 15) is 4.39 Å². The van der Waals surface area contributed by atoms with Crippen LogP contribution in [0.3, 0.4) is 0 Å². The Balaban J connectivity index is 2.39. The van der Waals surface area contributed by atoms with E-state index in [1.54, 1.807) is 13.0 Å². The van der Waals surface area contributed by atoms with E-state index < -0.39 is 0 Å². The topological polar surface area (TPSA) is 29.9 Å². The number of nitrogens with zero attached hydrogens (tertiary/aromatic N) is 2. The van der Waals surface area contributed by atoms with Crippen LogP contribution in [0, 0.1) is 19.7 Å². The summed E-state index contributed by atoms with van der Waals surface area (Å²) in [6.07, 6.45) is 2.99. The number of imidazole rings is 1. The van der Waals surface area contributed by atoms with Crippen LogP contribution in [0.2, 0.25) is 0 Å². The standard InChI is InChI=1S/C14H18FN3/c1-4-7-16-14-17-11(3)9-18(14)12-5-6-13(15)10(2)8-12/h5-6,8-9H,4,7H2,1-3H3,(H,16,17). The molecule has 4 heteroatoms. The summed E-state index contributed by atoms with van der Waals surface area (Å²) in [6, 6.07) is 5.08. The maximum atomic E-state index is 13.3. The molecule has 1 N–H and O–H groups in total. The molecule has 18 heavy (non-hydrogen) atoms. The van der Waals surface area contributed by atoms with E-state index in [4.69, 9.17) is 0 Å². The monoisotopic (exact) mass is 247 g/mol. The fourth-order valence-corrected chi connectivity index (χ4v) is 1.83. The van der Waals surface area contributed by atoms with Crippen molar-refractivity contribution in [2.45, 2.75) is 27.2 Å². The Morgan fingerprint density at radius 3 is 2.78 bits per heavy atom. The second-order valence-electron chi connectivity index (χ2n) is 4.44. The third-order valence-electron chi connectivity index (χ3n) is 2.78. The van der Waals surface area contributed by atoms with Gasteiger partial charge < -0.3 is 5.32 Å². The second-order valence-corrected chi connectivity index (χ2v) is 4.44. The lowest BCUT2D eigenvalue weighted by atomic mass is 10.2. The van der Waals surface area contributed by atoms with Crippen LogP contribution in [0.4, 0.5) is 10.3 Å². The summed E-state index contributed by atoms with van der Waals surface area (Å²) < 4.78 is 15.2. The second kappa shape index (κ2) is 5.21. The molecule has 0 aliphatic rings. The van der Waals surface area contributed by atoms with Crippen molar-refractivity contribution in [1.29, 1.82) is 0 Å². The van der Waals surface area contributed by atoms with E-state index in [2.05, 4.69) is 17.2 Å². The van der Waals surface area contributed by atoms with Crippen LogP contribution in [0.25, 0.3) is 5.69 Å². The lowest BCUT2D eigenvalue weighted by Gasteiger charge is -2.10. The van der Waals surface area contributed by atoms with Crippen LogP contribution >= 0.6 is 0 Å². The van der Waals surface area contributed by atoms with Crippen molar-refractivity contribution in [2.24, 2.45) is 0 Å². The van der Waals surface area contributed by atoms with Gasteiger partial charge in [0.15, 0.2) is 0 Å². The van der Waals surface area contributed by atoms with Gasteiger partial charge in [-0.05, 0) is 44.0 Å². The van der Waals surface area contributed by atoms with Crippen molar-refractivity contribution in [1.82, 2.24) is 9.55 Å². The summed E-state index contributed by atoms with van der Waals surface area (Å²) >= 11 is 0. The number of hydrogen-bond acceptors (Lipinski definition) is 2. The van der Waals surface area contributed by atoms with Gasteiger partial charge in [-0.1, -0.05) is 6.92 Å². The molecule has 0 radical (unpaired) electrons. The fraction of sp³-hybridized carbons (Fsp3) is 0.357. The summed E-state index contributed by atoms with van der Waals surface area (Å²) in [5.41, 5.74) is 2.50. The zero-order chi connectivity index (χ0) is 13.1. The lowest BCUT2D eigenvalue weighted by molar-refractivity contribution is 0.618. The van der Waals surface area contributed by atoms with E-state index >= 15 is 0 Å². The van der Waals surface area contributed by atoms with Gasteiger partial charge in [0.2, 0.25) is 5.95 Å². The molecule has 0 aliphatic heterocycles. The van der Waals surface area contributed by atoms with Crippen LogP contribution in [0.1, 0.15) is 24.6 Å². The van der Waals surface area contributed by atoms with Gasteiger partial charge >= 0.3 is 0 Å². The van der Waals surface area contributed by atoms with Gasteiger partial charge in [0.1, 0.15) is 5.82 Å². The minimum atomic E-state index is -0.182. The number of aryl methyl sites for hydroxylation is 2. The Morgan fingerprint density at radius 2 is 2.11 bits per heavy atom. The molecule has 0 spiro atoms. The number of hydrogen-bond donors (Lipinski definition) is 1. The predicted molar refractivity (Wildman–Crippen MR) is 71.8 cm³/mol. The zero-order valence-corrected chi connectivity index (χ0v) is 11.0. The molecule has 0 saturated carbocycles. The summed E-state index contributed by atoms with van der Waals surface area (Å²) in [6.45, 7) is 6.69. The molecule has 2 rings (SSSR count). The molecular formula is C14H18FN3. The van der Waals surface area contributed by atoms with Gasteiger partial charge in [0.25, 0.3) is 0 Å². The van der Waals surface area contributed by atoms with Gasteiger partial charge in [0, 0.05) is 18.4 Å². The number of halogens is 1. The summed E-state index contributed by atoms with van der Waals surface area (Å²) in [5.74, 6) is 0.624. The fourth-order valence-electron chi connectivity index (χ4n) is 1.83. The van der Waals surface area contributed by atoms with E-state index in [0.29, 0.717) is 5.56 Å². The number of anilines is 1. The maximum absolute atomic E-state index is 13.3. The summed E-state index contributed by atoms with van der Waals surface area (Å²) in [4.78, 5) is 4.43. The highest BCUT2D eigenvalue weighted by Gasteiger charge is 2.08. The zero-order valence-electron chi connectivity index (χ0n) is 11.0. The number of nitrogens with one attached hydrogen (secondary N) is 1. The van der Waals surface area contributed by atoms with Crippen molar-refractivity contribution in [2.75, 3.05) is 11.9 Å². The number of rotatable bonds is 4. The van der Waals surface area contributed by atoms with Gasteiger partial charge in [-0.25, -0.2) is 9.37 Å². The largest absolute Gasteiger partial charge is 0.355 e. The van der Waals surface area contributed by atoms with E-state index in [1.165, 1.54) is 6.07 Å². The first-order valence-corrected chi connectivity index (χ1v) is 6.18. The first-order chi connectivity index (χ1) is 8.61. The molecule has 1 heterocycles. The molecule has 1 aromatic heterocycles. The molecule has 0 fully saturated rings. The van der Waals surface area contributed by atoms with Crippen LogP contribution in [0.15, 0.2) is 24.4 Å². The molecule has 0 unspecified atom stereocenters. The Kier molecular flexibility index (Phi) is 3.65. The Morgan fingerprint density at radius 1 is 1.33 bits per heavy atom. The molecule has 0 amide bonds. The van der Waals surface area contributed by atoms with Crippen molar-refractivity contribution in [3.8, 4) is 5.69 Å². The molecule has 1 aromatic carbocycles. The van der Waals surface area contributed by atoms with Crippen molar-refractivity contribution in [3.63, 3.8) is 0 Å². The summed E-state index contributed by atoms with van der Waals surface area (Å²) in [5, 5.41) is 3.27. The minimum Gasteiger partial charge on any atom is -0.355 e. The van der Waals surface area contributed by atoms with E-state index in [1.807, 2.05) is 23.8 Å². The van der Waals surface area contributed by atoms with E-state index in [-0.39, 0.29) is 5.82 Å². The first-order valence-electron chi connectivity index (χ1n) is 6.18. The quantitative estimate of drug-likeness (QED) is 0.896. The van der Waals surface area contributed by atoms with Gasteiger partial charge in [0.05, 0.1) is 5.69 Å². The van der Waals surface area contributed by atoms with Gasteiger partial charge in [-0.15, -0.1) is 0 Å². The molecule has 0 atom stereocenters. The van der Waals surface area contributed by atoms with Crippen LogP contribution in [-0.4, -0.2) is 16.1 Å². The Bertz CT molecular complexity index is 546. The molecular weight excluding hydrogens is 229 g/mol. The van der Waals surface area contributed by atoms with Crippen molar-refractivity contribution < 1.29 is 4.39 Å². The SMILES string of the molecule is CCCNc1nc(C)cn1-c1ccc(F)c(C)c1. The molecule has 0 aliphatic carbocycles. The molecule has 0 saturated heterocycles. The summed E-state index contributed by atoms with van der Waals surface area (Å²) in [7, 11) is 0. The van der Waals surface area contributed by atoms with Crippen molar-refractivity contribution >= 4 is 5.95 Å². The predicted octanol–water partition coefficient (Wildman–Crippen LogP) is 3.45. The lowest BCUT2D eigenvalue weighted by Crippen LogP contribution is -2.06. The van der Waals surface area contributed by atoms with E-state index in [0.717, 1.165) is 30.3 Å². The third kappa shape index (κ3) is 2.53. The third-order valence-corrected chi connectivity index (χ3v) is 2.78. The number of benzene rings is 1. The average Bonchev–Trinajstić information content (AvgIpc) is 2.71. The number of aromatic nitrogens is 2. The molecule has 0 bridgehead atoms. The van der Waals surface area contributed by atoms with Crippen LogP contribution in [-0.2, 0) is 0 Å². The Labute approximate surface area is 107 Å². The van der Waals surface area contributed by atoms with Crippen LogP contribution in [0.5, 0.6) is 0 Å². The molecule has 2 aromatic rings. The molecule has 3 nitrogen and oxygen atoms in total. The first kappa shape index (κ1) is 12.6. The highest BCUT2D eigenvalue weighted by molar-refractivity contribution is 5.44.